The zero-order valence-electron chi connectivity index (χ0n) is 13.3. The highest BCUT2D eigenvalue weighted by atomic mass is 32.2. The molecule has 1 aliphatic heterocycles. The van der Waals surface area contributed by atoms with Gasteiger partial charge < -0.3 is 9.64 Å². The summed E-state index contributed by atoms with van der Waals surface area (Å²) in [6.45, 7) is 2.47. The molecule has 1 aromatic carbocycles. The second kappa shape index (κ2) is 6.57. The highest BCUT2D eigenvalue weighted by Gasteiger charge is 2.29. The summed E-state index contributed by atoms with van der Waals surface area (Å²) in [6.07, 6.45) is 2.01. The van der Waals surface area contributed by atoms with Crippen molar-refractivity contribution in [2.45, 2.75) is 24.0 Å². The van der Waals surface area contributed by atoms with Crippen LogP contribution >= 0.6 is 11.8 Å². The molecule has 1 aliphatic carbocycles. The van der Waals surface area contributed by atoms with Crippen molar-refractivity contribution in [2.75, 3.05) is 32.1 Å². The van der Waals surface area contributed by atoms with Crippen LogP contribution in [0.4, 0.5) is 0 Å². The normalized spacial score (nSPS) is 18.1. The predicted octanol–water partition coefficient (Wildman–Crippen LogP) is 1.68. The third kappa shape index (κ3) is 3.06. The number of fused-ring (bicyclic) bond motifs is 1. The summed E-state index contributed by atoms with van der Waals surface area (Å²) in [5.41, 5.74) is 0.699. The summed E-state index contributed by atoms with van der Waals surface area (Å²) >= 11 is 1.37. The lowest BCUT2D eigenvalue weighted by atomic mass is 10.2. The molecular weight excluding hydrogens is 326 g/mol. The number of rotatable bonds is 4. The van der Waals surface area contributed by atoms with Crippen LogP contribution in [0, 0.1) is 0 Å². The number of aromatic nitrogens is 2. The first-order chi connectivity index (χ1) is 11.7. The number of thioether (sulfide) groups is 1. The van der Waals surface area contributed by atoms with Gasteiger partial charge in [-0.2, -0.15) is 0 Å². The molecule has 0 spiro atoms. The average Bonchev–Trinajstić information content (AvgIpc) is 3.45. The molecule has 126 valence electrons. The molecule has 2 aromatic rings. The van der Waals surface area contributed by atoms with E-state index in [2.05, 4.69) is 4.98 Å². The number of morpholine rings is 1. The first kappa shape index (κ1) is 15.7. The van der Waals surface area contributed by atoms with Crippen molar-refractivity contribution in [3.05, 3.63) is 34.6 Å². The number of ether oxygens (including phenoxy) is 1. The predicted molar refractivity (Wildman–Crippen MR) is 92.4 cm³/mol. The summed E-state index contributed by atoms with van der Waals surface area (Å²) in [5, 5.41) is 1.30. The van der Waals surface area contributed by atoms with Gasteiger partial charge in [-0.25, -0.2) is 4.98 Å². The maximum Gasteiger partial charge on any atom is 0.262 e. The molecule has 0 atom stereocenters. The minimum Gasteiger partial charge on any atom is -0.378 e. The van der Waals surface area contributed by atoms with Gasteiger partial charge in [-0.1, -0.05) is 23.9 Å². The van der Waals surface area contributed by atoms with Crippen molar-refractivity contribution in [1.82, 2.24) is 14.5 Å². The Morgan fingerprint density at radius 1 is 1.25 bits per heavy atom. The van der Waals surface area contributed by atoms with Crippen LogP contribution in [0.25, 0.3) is 10.9 Å². The van der Waals surface area contributed by atoms with Crippen molar-refractivity contribution < 1.29 is 9.53 Å². The Hall–Kier alpha value is -1.86. The molecular formula is C17H19N3O3S. The molecule has 0 radical (unpaired) electrons. The number of para-hydroxylation sites is 1. The largest absolute Gasteiger partial charge is 0.378 e. The van der Waals surface area contributed by atoms with Crippen molar-refractivity contribution in [2.24, 2.45) is 0 Å². The minimum absolute atomic E-state index is 0.00409. The van der Waals surface area contributed by atoms with Crippen LogP contribution in [-0.2, 0) is 9.53 Å². The van der Waals surface area contributed by atoms with Gasteiger partial charge in [0.1, 0.15) is 0 Å². The molecule has 1 saturated heterocycles. The van der Waals surface area contributed by atoms with Crippen molar-refractivity contribution in [1.29, 1.82) is 0 Å². The Morgan fingerprint density at radius 2 is 2.00 bits per heavy atom. The fraction of sp³-hybridized carbons (Fsp3) is 0.471. The first-order valence-corrected chi connectivity index (χ1v) is 9.22. The fourth-order valence-corrected chi connectivity index (χ4v) is 3.88. The number of hydrogen-bond acceptors (Lipinski definition) is 5. The quantitative estimate of drug-likeness (QED) is 0.623. The van der Waals surface area contributed by atoms with E-state index in [0.29, 0.717) is 48.1 Å². The third-order valence-corrected chi connectivity index (χ3v) is 5.31. The number of carbonyl (C=O) groups excluding carboxylic acids is 1. The monoisotopic (exact) mass is 345 g/mol. The van der Waals surface area contributed by atoms with E-state index < -0.39 is 0 Å². The van der Waals surface area contributed by atoms with Crippen LogP contribution < -0.4 is 5.56 Å². The van der Waals surface area contributed by atoms with Crippen LogP contribution in [0.2, 0.25) is 0 Å². The fourth-order valence-electron chi connectivity index (χ4n) is 2.91. The second-order valence-electron chi connectivity index (χ2n) is 6.10. The Kier molecular flexibility index (Phi) is 4.28. The van der Waals surface area contributed by atoms with Crippen LogP contribution in [0.5, 0.6) is 0 Å². The van der Waals surface area contributed by atoms with Gasteiger partial charge in [0.25, 0.3) is 5.56 Å². The molecule has 2 fully saturated rings. The standard InChI is InChI=1S/C17H19N3O3S/c21-15(19-7-9-23-10-8-19)11-24-17-18-14-4-2-1-3-13(14)16(22)20(17)12-5-6-12/h1-4,12H,5-11H2. The summed E-state index contributed by atoms with van der Waals surface area (Å²) in [6, 6.07) is 7.63. The lowest BCUT2D eigenvalue weighted by Crippen LogP contribution is -2.41. The molecule has 0 bridgehead atoms. The highest BCUT2D eigenvalue weighted by Crippen LogP contribution is 2.36. The molecule has 0 N–H and O–H groups in total. The van der Waals surface area contributed by atoms with Crippen LogP contribution in [0.1, 0.15) is 18.9 Å². The zero-order chi connectivity index (χ0) is 16.5. The zero-order valence-corrected chi connectivity index (χ0v) is 14.1. The second-order valence-corrected chi connectivity index (χ2v) is 7.04. The third-order valence-electron chi connectivity index (χ3n) is 4.38. The van der Waals surface area contributed by atoms with Crippen LogP contribution in [0.15, 0.2) is 34.2 Å². The molecule has 1 saturated carbocycles. The number of benzene rings is 1. The Balaban J connectivity index is 1.60. The Bertz CT molecular complexity index is 825. The number of nitrogens with zero attached hydrogens (tertiary/aromatic N) is 3. The molecule has 4 rings (SSSR count). The summed E-state index contributed by atoms with van der Waals surface area (Å²) < 4.78 is 7.05. The molecule has 7 heteroatoms. The van der Waals surface area contributed by atoms with Crippen LogP contribution in [0.3, 0.4) is 0 Å². The van der Waals surface area contributed by atoms with E-state index in [-0.39, 0.29) is 17.5 Å². The summed E-state index contributed by atoms with van der Waals surface area (Å²) in [7, 11) is 0. The van der Waals surface area contributed by atoms with E-state index in [9.17, 15) is 9.59 Å². The summed E-state index contributed by atoms with van der Waals surface area (Å²) in [4.78, 5) is 31.6. The van der Waals surface area contributed by atoms with Gasteiger partial charge in [0, 0.05) is 19.1 Å². The van der Waals surface area contributed by atoms with Gasteiger partial charge in [-0.3, -0.25) is 14.2 Å². The van der Waals surface area contributed by atoms with Crippen molar-refractivity contribution in [3.63, 3.8) is 0 Å². The highest BCUT2D eigenvalue weighted by molar-refractivity contribution is 7.99. The lowest BCUT2D eigenvalue weighted by molar-refractivity contribution is -0.132. The molecule has 0 unspecified atom stereocenters. The van der Waals surface area contributed by atoms with Gasteiger partial charge in [0.2, 0.25) is 5.91 Å². The first-order valence-electron chi connectivity index (χ1n) is 8.23. The van der Waals surface area contributed by atoms with Crippen molar-refractivity contribution in [3.8, 4) is 0 Å². The number of carbonyl (C=O) groups is 1. The molecule has 2 aliphatic rings. The van der Waals surface area contributed by atoms with Gasteiger partial charge in [0.05, 0.1) is 29.9 Å². The van der Waals surface area contributed by atoms with Gasteiger partial charge >= 0.3 is 0 Å². The van der Waals surface area contributed by atoms with E-state index in [0.717, 1.165) is 12.8 Å². The topological polar surface area (TPSA) is 64.4 Å². The van der Waals surface area contributed by atoms with Gasteiger partial charge in [-0.05, 0) is 25.0 Å². The van der Waals surface area contributed by atoms with E-state index in [1.54, 1.807) is 4.57 Å². The maximum absolute atomic E-state index is 12.8. The minimum atomic E-state index is 0.00409. The van der Waals surface area contributed by atoms with Crippen molar-refractivity contribution >= 4 is 28.6 Å². The number of amides is 1. The molecule has 24 heavy (non-hydrogen) atoms. The SMILES string of the molecule is O=C(CSc1nc2ccccc2c(=O)n1C1CC1)N1CCOCC1. The Labute approximate surface area is 143 Å². The van der Waals surface area contributed by atoms with E-state index >= 15 is 0 Å². The van der Waals surface area contributed by atoms with E-state index in [1.807, 2.05) is 29.2 Å². The van der Waals surface area contributed by atoms with Gasteiger partial charge in [0.15, 0.2) is 5.16 Å². The summed E-state index contributed by atoms with van der Waals surface area (Å²) in [5.74, 6) is 0.380. The van der Waals surface area contributed by atoms with E-state index in [4.69, 9.17) is 4.74 Å². The smallest absolute Gasteiger partial charge is 0.262 e. The lowest BCUT2D eigenvalue weighted by Gasteiger charge is -2.26. The molecule has 1 amide bonds. The molecule has 6 nitrogen and oxygen atoms in total. The van der Waals surface area contributed by atoms with E-state index in [1.165, 1.54) is 11.8 Å². The van der Waals surface area contributed by atoms with Crippen LogP contribution in [-0.4, -0.2) is 52.4 Å². The van der Waals surface area contributed by atoms with Gasteiger partial charge in [-0.15, -0.1) is 0 Å². The average molecular weight is 345 g/mol. The molecule has 2 heterocycles. The number of hydrogen-bond donors (Lipinski definition) is 0. The maximum atomic E-state index is 12.8. The Morgan fingerprint density at radius 3 is 2.75 bits per heavy atom. The molecule has 1 aromatic heterocycles.